The van der Waals surface area contributed by atoms with E-state index in [1.165, 1.54) is 17.0 Å². The zero-order chi connectivity index (χ0) is 10.6. The van der Waals surface area contributed by atoms with Crippen LogP contribution in [0.15, 0.2) is 24.3 Å². The van der Waals surface area contributed by atoms with E-state index in [1.807, 2.05) is 0 Å². The van der Waals surface area contributed by atoms with Crippen LogP contribution in [0, 0.1) is 5.82 Å². The van der Waals surface area contributed by atoms with Gasteiger partial charge in [-0.05, 0) is 12.1 Å². The molecule has 14 heavy (non-hydrogen) atoms. The van der Waals surface area contributed by atoms with Crippen molar-refractivity contribution in [1.29, 1.82) is 0 Å². The van der Waals surface area contributed by atoms with Gasteiger partial charge in [-0.15, -0.1) is 11.6 Å². The third-order valence-electron chi connectivity index (χ3n) is 1.87. The first-order chi connectivity index (χ1) is 6.66. The maximum atomic E-state index is 13.2. The number of alkyl halides is 1. The molecule has 0 unspecified atom stereocenters. The summed E-state index contributed by atoms with van der Waals surface area (Å²) < 4.78 is 13.2. The molecule has 0 saturated heterocycles. The Balaban J connectivity index is 2.84. The molecule has 1 aromatic carbocycles. The lowest BCUT2D eigenvalue weighted by atomic mass is 10.2. The van der Waals surface area contributed by atoms with Crippen molar-refractivity contribution in [2.24, 2.45) is 0 Å². The molecule has 0 heterocycles. The summed E-state index contributed by atoms with van der Waals surface area (Å²) in [5.41, 5.74) is 0.0834. The summed E-state index contributed by atoms with van der Waals surface area (Å²) in [5, 5.41) is 0. The highest BCUT2D eigenvalue weighted by atomic mass is 35.5. The van der Waals surface area contributed by atoms with Gasteiger partial charge in [0, 0.05) is 19.5 Å². The minimum atomic E-state index is -0.501. The van der Waals surface area contributed by atoms with E-state index in [1.54, 1.807) is 19.2 Å². The fourth-order valence-corrected chi connectivity index (χ4v) is 1.32. The van der Waals surface area contributed by atoms with Crippen molar-refractivity contribution in [3.63, 3.8) is 0 Å². The number of rotatable bonds is 3. The third-order valence-corrected chi connectivity index (χ3v) is 2.04. The van der Waals surface area contributed by atoms with Crippen molar-refractivity contribution >= 4 is 17.5 Å². The smallest absolute Gasteiger partial charge is 0.256 e. The van der Waals surface area contributed by atoms with Crippen LogP contribution in [-0.2, 0) is 0 Å². The Hall–Kier alpha value is -1.09. The lowest BCUT2D eigenvalue weighted by Gasteiger charge is -2.15. The van der Waals surface area contributed by atoms with Crippen LogP contribution in [0.2, 0.25) is 0 Å². The quantitative estimate of drug-likeness (QED) is 0.708. The predicted molar refractivity (Wildman–Crippen MR) is 54.1 cm³/mol. The van der Waals surface area contributed by atoms with Crippen LogP contribution < -0.4 is 0 Å². The second kappa shape index (κ2) is 4.96. The molecule has 0 radical (unpaired) electrons. The number of benzene rings is 1. The van der Waals surface area contributed by atoms with E-state index in [4.69, 9.17) is 11.6 Å². The molecule has 0 fully saturated rings. The first-order valence-corrected chi connectivity index (χ1v) is 4.76. The molecular formula is C10H11ClFNO. The summed E-state index contributed by atoms with van der Waals surface area (Å²) in [4.78, 5) is 13.0. The molecule has 0 atom stereocenters. The standard InChI is InChI=1S/C10H11ClFNO/c1-13(7-6-11)10(14)8-4-2-3-5-9(8)12/h2-5H,6-7H2,1H3. The highest BCUT2D eigenvalue weighted by Crippen LogP contribution is 2.08. The summed E-state index contributed by atoms with van der Waals surface area (Å²) in [6, 6.07) is 5.91. The summed E-state index contributed by atoms with van der Waals surface area (Å²) in [6.45, 7) is 0.411. The molecule has 1 amide bonds. The lowest BCUT2D eigenvalue weighted by molar-refractivity contribution is 0.0798. The van der Waals surface area contributed by atoms with Crippen molar-refractivity contribution in [1.82, 2.24) is 4.90 Å². The highest BCUT2D eigenvalue weighted by Gasteiger charge is 2.14. The van der Waals surface area contributed by atoms with E-state index < -0.39 is 5.82 Å². The van der Waals surface area contributed by atoms with Crippen molar-refractivity contribution < 1.29 is 9.18 Å². The lowest BCUT2D eigenvalue weighted by Crippen LogP contribution is -2.29. The van der Waals surface area contributed by atoms with Gasteiger partial charge in [-0.2, -0.15) is 0 Å². The van der Waals surface area contributed by atoms with Crippen LogP contribution in [0.4, 0.5) is 4.39 Å². The minimum absolute atomic E-state index is 0.0834. The average Bonchev–Trinajstić information content (AvgIpc) is 2.18. The van der Waals surface area contributed by atoms with Crippen molar-refractivity contribution in [2.45, 2.75) is 0 Å². The van der Waals surface area contributed by atoms with Crippen LogP contribution in [0.5, 0.6) is 0 Å². The van der Waals surface area contributed by atoms with Gasteiger partial charge in [0.15, 0.2) is 0 Å². The molecule has 2 nitrogen and oxygen atoms in total. The molecule has 0 aliphatic rings. The first-order valence-electron chi connectivity index (χ1n) is 4.22. The molecule has 0 saturated carbocycles. The predicted octanol–water partition coefficient (Wildman–Crippen LogP) is 2.14. The monoisotopic (exact) mass is 215 g/mol. The first kappa shape index (κ1) is 11.0. The molecule has 1 rings (SSSR count). The maximum Gasteiger partial charge on any atom is 0.256 e. The van der Waals surface area contributed by atoms with Crippen molar-refractivity contribution in [2.75, 3.05) is 19.5 Å². The Morgan fingerprint density at radius 2 is 2.14 bits per heavy atom. The molecule has 4 heteroatoms. The van der Waals surface area contributed by atoms with Gasteiger partial charge >= 0.3 is 0 Å². The topological polar surface area (TPSA) is 20.3 Å². The van der Waals surface area contributed by atoms with E-state index in [9.17, 15) is 9.18 Å². The van der Waals surface area contributed by atoms with E-state index in [-0.39, 0.29) is 11.5 Å². The Kier molecular flexibility index (Phi) is 3.89. The van der Waals surface area contributed by atoms with Crippen LogP contribution in [0.3, 0.4) is 0 Å². The average molecular weight is 216 g/mol. The summed E-state index contributed by atoms with van der Waals surface area (Å²) in [6.07, 6.45) is 0. The molecule has 0 bridgehead atoms. The Labute approximate surface area is 87.3 Å². The van der Waals surface area contributed by atoms with Crippen LogP contribution in [-0.4, -0.2) is 30.3 Å². The Morgan fingerprint density at radius 3 is 2.71 bits per heavy atom. The van der Waals surface area contributed by atoms with Crippen LogP contribution in [0.1, 0.15) is 10.4 Å². The molecular weight excluding hydrogens is 205 g/mol. The SMILES string of the molecule is CN(CCCl)C(=O)c1ccccc1F. The summed E-state index contributed by atoms with van der Waals surface area (Å²) >= 11 is 5.48. The van der Waals surface area contributed by atoms with E-state index in [2.05, 4.69) is 0 Å². The van der Waals surface area contributed by atoms with E-state index in [0.29, 0.717) is 12.4 Å². The van der Waals surface area contributed by atoms with Crippen LogP contribution in [0.25, 0.3) is 0 Å². The molecule has 76 valence electrons. The van der Waals surface area contributed by atoms with E-state index >= 15 is 0 Å². The van der Waals surface area contributed by atoms with E-state index in [0.717, 1.165) is 0 Å². The number of hydrogen-bond donors (Lipinski definition) is 0. The zero-order valence-electron chi connectivity index (χ0n) is 7.84. The third kappa shape index (κ3) is 2.45. The number of carbonyl (C=O) groups excluding carboxylic acids is 1. The number of amides is 1. The zero-order valence-corrected chi connectivity index (χ0v) is 8.59. The molecule has 0 aliphatic carbocycles. The normalized spacial score (nSPS) is 9.93. The van der Waals surface area contributed by atoms with Gasteiger partial charge in [-0.3, -0.25) is 4.79 Å². The second-order valence-electron chi connectivity index (χ2n) is 2.90. The van der Waals surface area contributed by atoms with Gasteiger partial charge < -0.3 is 4.90 Å². The fourth-order valence-electron chi connectivity index (χ4n) is 1.07. The minimum Gasteiger partial charge on any atom is -0.340 e. The molecule has 1 aromatic rings. The van der Waals surface area contributed by atoms with Gasteiger partial charge in [0.2, 0.25) is 0 Å². The maximum absolute atomic E-state index is 13.2. The molecule has 0 N–H and O–H groups in total. The Bertz CT molecular complexity index is 330. The molecule has 0 aliphatic heterocycles. The largest absolute Gasteiger partial charge is 0.340 e. The number of hydrogen-bond acceptors (Lipinski definition) is 1. The fraction of sp³-hybridized carbons (Fsp3) is 0.300. The van der Waals surface area contributed by atoms with Gasteiger partial charge in [0.25, 0.3) is 5.91 Å². The number of carbonyl (C=O) groups is 1. The highest BCUT2D eigenvalue weighted by molar-refractivity contribution is 6.18. The van der Waals surface area contributed by atoms with Gasteiger partial charge in [-0.1, -0.05) is 12.1 Å². The van der Waals surface area contributed by atoms with Crippen molar-refractivity contribution in [3.05, 3.63) is 35.6 Å². The summed E-state index contributed by atoms with van der Waals surface area (Å²) in [7, 11) is 1.59. The van der Waals surface area contributed by atoms with Gasteiger partial charge in [0.1, 0.15) is 5.82 Å². The Morgan fingerprint density at radius 1 is 1.50 bits per heavy atom. The van der Waals surface area contributed by atoms with Crippen LogP contribution >= 0.6 is 11.6 Å². The number of nitrogens with zero attached hydrogens (tertiary/aromatic N) is 1. The van der Waals surface area contributed by atoms with Crippen molar-refractivity contribution in [3.8, 4) is 0 Å². The summed E-state index contributed by atoms with van der Waals surface area (Å²) in [5.74, 6) is -0.501. The molecule has 0 aromatic heterocycles. The number of halogens is 2. The molecule has 0 spiro atoms. The second-order valence-corrected chi connectivity index (χ2v) is 3.27. The van der Waals surface area contributed by atoms with Gasteiger partial charge in [-0.25, -0.2) is 4.39 Å². The van der Waals surface area contributed by atoms with Gasteiger partial charge in [0.05, 0.1) is 5.56 Å².